The van der Waals surface area contributed by atoms with E-state index in [-0.39, 0.29) is 19.4 Å². The summed E-state index contributed by atoms with van der Waals surface area (Å²) in [7, 11) is -4.60. The molecule has 0 saturated carbocycles. The van der Waals surface area contributed by atoms with Crippen LogP contribution in [0.15, 0.2) is 48.6 Å². The fourth-order valence-corrected chi connectivity index (χ4v) is 6.12. The molecule has 0 aromatic carbocycles. The number of unbranched alkanes of at least 4 members (excludes halogenated alkanes) is 10. The van der Waals surface area contributed by atoms with Gasteiger partial charge in [-0.25, -0.2) is 0 Å². The Kier molecular flexibility index (Phi) is 27.5. The van der Waals surface area contributed by atoms with E-state index in [1.54, 1.807) is 0 Å². The molecule has 1 aliphatic heterocycles. The summed E-state index contributed by atoms with van der Waals surface area (Å²) in [4.78, 5) is 25.2. The number of aliphatic hydroxyl groups excluding tert-OH is 3. The molecule has 1 aliphatic rings. The first-order chi connectivity index (χ1) is 25.0. The molecule has 4 N–H and O–H groups in total. The minimum Gasteiger partial charge on any atom is -0.462 e. The lowest BCUT2D eigenvalue weighted by atomic mass is 10.00. The first kappa shape index (κ1) is 47.6. The zero-order chi connectivity index (χ0) is 38.5. The van der Waals surface area contributed by atoms with Gasteiger partial charge >= 0.3 is 11.9 Å². The van der Waals surface area contributed by atoms with E-state index in [0.29, 0.717) is 12.8 Å². The molecule has 2 unspecified atom stereocenters. The molecule has 0 aromatic rings. The number of carbonyl (C=O) groups excluding carboxylic acids is 2. The maximum atomic E-state index is 12.7. The molecule has 1 heterocycles. The minimum absolute atomic E-state index is 0.111. The van der Waals surface area contributed by atoms with Gasteiger partial charge in [0.2, 0.25) is 0 Å². The lowest BCUT2D eigenvalue weighted by Crippen LogP contribution is -2.60. The highest BCUT2D eigenvalue weighted by Crippen LogP contribution is 2.24. The quantitative estimate of drug-likeness (QED) is 0.0272. The van der Waals surface area contributed by atoms with Gasteiger partial charge in [-0.1, -0.05) is 114 Å². The van der Waals surface area contributed by atoms with Gasteiger partial charge in [0.25, 0.3) is 10.1 Å². The highest BCUT2D eigenvalue weighted by molar-refractivity contribution is 7.85. The Morgan fingerprint density at radius 2 is 1.21 bits per heavy atom. The molecule has 0 aliphatic carbocycles. The van der Waals surface area contributed by atoms with Crippen LogP contribution in [0.5, 0.6) is 0 Å². The van der Waals surface area contributed by atoms with Gasteiger partial charge in [-0.15, -0.1) is 0 Å². The van der Waals surface area contributed by atoms with Crippen molar-refractivity contribution in [3.63, 3.8) is 0 Å². The maximum Gasteiger partial charge on any atom is 0.306 e. The molecule has 1 rings (SSSR count). The van der Waals surface area contributed by atoms with E-state index in [4.69, 9.17) is 18.9 Å². The average Bonchev–Trinajstić information content (AvgIpc) is 3.10. The third-order valence-corrected chi connectivity index (χ3v) is 9.17. The number of ether oxygens (including phenoxy) is 4. The molecular formula is C39H66O12S. The lowest BCUT2D eigenvalue weighted by molar-refractivity contribution is -0.297. The lowest BCUT2D eigenvalue weighted by Gasteiger charge is -2.40. The molecule has 0 radical (unpaired) electrons. The number of aliphatic hydroxyl groups is 3. The molecular weight excluding hydrogens is 692 g/mol. The second-order valence-corrected chi connectivity index (χ2v) is 14.7. The van der Waals surface area contributed by atoms with Gasteiger partial charge in [0.15, 0.2) is 12.4 Å². The number of hydrogen-bond acceptors (Lipinski definition) is 11. The van der Waals surface area contributed by atoms with Crippen LogP contribution in [0.2, 0.25) is 0 Å². The Labute approximate surface area is 312 Å². The second-order valence-electron chi connectivity index (χ2n) is 13.2. The molecule has 0 spiro atoms. The predicted octanol–water partition coefficient (Wildman–Crippen LogP) is 6.44. The third-order valence-electron chi connectivity index (χ3n) is 8.42. The summed E-state index contributed by atoms with van der Waals surface area (Å²) in [6.07, 6.45) is 23.3. The Morgan fingerprint density at radius 3 is 1.81 bits per heavy atom. The Hall–Kier alpha value is -2.39. The van der Waals surface area contributed by atoms with Gasteiger partial charge in [-0.2, -0.15) is 8.42 Å². The predicted molar refractivity (Wildman–Crippen MR) is 201 cm³/mol. The maximum absolute atomic E-state index is 12.7. The average molecular weight is 759 g/mol. The highest BCUT2D eigenvalue weighted by atomic mass is 32.2. The standard InChI is InChI=1S/C39H66O12S/c1-3-5-7-9-11-13-14-15-16-17-18-20-22-24-26-28-35(41)50-32(29-48-34(40)27-25-23-21-19-12-10-8-6-4-2)30-49-39-38(44)37(43)36(42)33(51-39)31-52(45,46)47/h5,7,11,13,15-16,18,20,32-33,36-39,42-44H,3-4,6,8-10,12,14,17,19,21-31H2,1-2H3,(H,45,46,47)/b7-5+,13-11+,16-15+,20-18+/t32-,33-,36-,37?,38?,39+/m1/s1. The van der Waals surface area contributed by atoms with E-state index in [0.717, 1.165) is 57.8 Å². The Morgan fingerprint density at radius 1 is 0.673 bits per heavy atom. The molecule has 0 amide bonds. The molecule has 13 heteroatoms. The van der Waals surface area contributed by atoms with Crippen molar-refractivity contribution in [2.45, 2.75) is 166 Å². The fraction of sp³-hybridized carbons (Fsp3) is 0.744. The van der Waals surface area contributed by atoms with Gasteiger partial charge in [0.05, 0.1) is 6.61 Å². The summed E-state index contributed by atoms with van der Waals surface area (Å²) in [5.74, 6) is -2.05. The Balaban J connectivity index is 2.57. The monoisotopic (exact) mass is 758 g/mol. The number of carbonyl (C=O) groups is 2. The largest absolute Gasteiger partial charge is 0.462 e. The molecule has 0 aromatic heterocycles. The first-order valence-corrected chi connectivity index (χ1v) is 20.8. The SMILES string of the molecule is CC/C=C/C/C=C/C/C=C/C/C=C/CCCCC(=O)O[C@H](COC(=O)CCCCCCCCCCC)CO[C@H]1O[C@H](CS(=O)(=O)O)[C@@H](O)C(O)C1O. The van der Waals surface area contributed by atoms with Crippen LogP contribution < -0.4 is 0 Å². The smallest absolute Gasteiger partial charge is 0.306 e. The molecule has 12 nitrogen and oxygen atoms in total. The molecule has 52 heavy (non-hydrogen) atoms. The van der Waals surface area contributed by atoms with Crippen molar-refractivity contribution >= 4 is 22.1 Å². The van der Waals surface area contributed by atoms with Crippen molar-refractivity contribution in [2.75, 3.05) is 19.0 Å². The third kappa shape index (κ3) is 24.8. The van der Waals surface area contributed by atoms with Crippen molar-refractivity contribution in [3.05, 3.63) is 48.6 Å². The summed E-state index contributed by atoms with van der Waals surface area (Å²) in [6, 6.07) is 0. The topological polar surface area (TPSA) is 186 Å². The van der Waals surface area contributed by atoms with Crippen LogP contribution in [0, 0.1) is 0 Å². The highest BCUT2D eigenvalue weighted by Gasteiger charge is 2.46. The molecule has 1 fully saturated rings. The first-order valence-electron chi connectivity index (χ1n) is 19.2. The van der Waals surface area contributed by atoms with Crippen molar-refractivity contribution in [1.29, 1.82) is 0 Å². The summed E-state index contributed by atoms with van der Waals surface area (Å²) >= 11 is 0. The summed E-state index contributed by atoms with van der Waals surface area (Å²) in [6.45, 7) is 3.55. The Bertz CT molecular complexity index is 1170. The van der Waals surface area contributed by atoms with E-state index in [9.17, 15) is 37.9 Å². The van der Waals surface area contributed by atoms with Gasteiger partial charge in [0, 0.05) is 12.8 Å². The van der Waals surface area contributed by atoms with Crippen LogP contribution in [0.1, 0.15) is 129 Å². The van der Waals surface area contributed by atoms with Crippen LogP contribution in [0.4, 0.5) is 0 Å². The van der Waals surface area contributed by atoms with Gasteiger partial charge < -0.3 is 34.3 Å². The van der Waals surface area contributed by atoms with Crippen LogP contribution in [0.25, 0.3) is 0 Å². The molecule has 300 valence electrons. The molecule has 1 saturated heterocycles. The van der Waals surface area contributed by atoms with Crippen LogP contribution in [-0.2, 0) is 38.7 Å². The van der Waals surface area contributed by atoms with Gasteiger partial charge in [0.1, 0.15) is 36.8 Å². The summed E-state index contributed by atoms with van der Waals surface area (Å²) in [5.41, 5.74) is 0. The van der Waals surface area contributed by atoms with Crippen LogP contribution in [-0.4, -0.2) is 96.0 Å². The normalized spacial score (nSPS) is 21.8. The number of allylic oxidation sites excluding steroid dienone is 8. The summed E-state index contributed by atoms with van der Waals surface area (Å²) in [5, 5.41) is 30.7. The van der Waals surface area contributed by atoms with Crippen molar-refractivity contribution in [2.24, 2.45) is 0 Å². The van der Waals surface area contributed by atoms with Gasteiger partial charge in [-0.05, 0) is 51.4 Å². The van der Waals surface area contributed by atoms with E-state index < -0.39 is 71.2 Å². The van der Waals surface area contributed by atoms with E-state index in [1.807, 2.05) is 0 Å². The molecule has 6 atom stereocenters. The van der Waals surface area contributed by atoms with E-state index in [2.05, 4.69) is 62.5 Å². The van der Waals surface area contributed by atoms with Crippen molar-refractivity contribution in [1.82, 2.24) is 0 Å². The van der Waals surface area contributed by atoms with E-state index >= 15 is 0 Å². The van der Waals surface area contributed by atoms with E-state index in [1.165, 1.54) is 32.1 Å². The minimum atomic E-state index is -4.60. The van der Waals surface area contributed by atoms with Crippen molar-refractivity contribution in [3.8, 4) is 0 Å². The molecule has 0 bridgehead atoms. The van der Waals surface area contributed by atoms with Crippen LogP contribution in [0.3, 0.4) is 0 Å². The number of hydrogen-bond donors (Lipinski definition) is 4. The zero-order valence-corrected chi connectivity index (χ0v) is 32.2. The van der Waals surface area contributed by atoms with Gasteiger partial charge in [-0.3, -0.25) is 14.1 Å². The summed E-state index contributed by atoms with van der Waals surface area (Å²) < 4.78 is 53.7. The zero-order valence-electron chi connectivity index (χ0n) is 31.4. The fourth-order valence-electron chi connectivity index (χ4n) is 5.43. The number of esters is 2. The van der Waals surface area contributed by atoms with Crippen molar-refractivity contribution < 1.29 is 56.8 Å². The van der Waals surface area contributed by atoms with Crippen LogP contribution >= 0.6 is 0 Å². The number of rotatable bonds is 30. The second kappa shape index (κ2) is 30.0.